The van der Waals surface area contributed by atoms with Crippen molar-refractivity contribution in [1.82, 2.24) is 0 Å². The summed E-state index contributed by atoms with van der Waals surface area (Å²) in [6.07, 6.45) is 0. The van der Waals surface area contributed by atoms with E-state index in [0.29, 0.717) is 5.56 Å². The third-order valence-corrected chi connectivity index (χ3v) is 3.36. The minimum Gasteiger partial charge on any atom is -0.326 e. The molecule has 1 aromatic carbocycles. The molecule has 0 spiro atoms. The van der Waals surface area contributed by atoms with Crippen molar-refractivity contribution in [3.05, 3.63) is 29.8 Å². The molecule has 0 aromatic heterocycles. The Labute approximate surface area is 82.9 Å². The van der Waals surface area contributed by atoms with Crippen LogP contribution in [0.2, 0.25) is 0 Å². The summed E-state index contributed by atoms with van der Waals surface area (Å²) in [4.78, 5) is 0.157. The maximum absolute atomic E-state index is 11.5. The fourth-order valence-electron chi connectivity index (χ4n) is 1.14. The second-order valence-electron chi connectivity index (χ2n) is 2.73. The van der Waals surface area contributed by atoms with Gasteiger partial charge in [0.15, 0.2) is 9.84 Å². The van der Waals surface area contributed by atoms with Crippen molar-refractivity contribution < 1.29 is 8.42 Å². The number of nitrogens with two attached hydrogens (primary N) is 1. The molecule has 1 rings (SSSR count). The Morgan fingerprint density at radius 2 is 2.00 bits per heavy atom. The first kappa shape index (κ1) is 10.7. The van der Waals surface area contributed by atoms with Crippen LogP contribution in [0, 0.1) is 11.3 Å². The molecular formula is C9H10N2O2S. The topological polar surface area (TPSA) is 84.0 Å². The Hall–Kier alpha value is -1.38. The first-order chi connectivity index (χ1) is 6.61. The molecule has 0 fully saturated rings. The number of hydrogen-bond donors (Lipinski definition) is 1. The zero-order chi connectivity index (χ0) is 10.6. The normalized spacial score (nSPS) is 10.9. The van der Waals surface area contributed by atoms with Crippen LogP contribution < -0.4 is 5.73 Å². The SMILES string of the molecule is N#CCS(=O)(=O)c1ccccc1CN. The lowest BCUT2D eigenvalue weighted by Crippen LogP contribution is -2.10. The van der Waals surface area contributed by atoms with Gasteiger partial charge in [-0.3, -0.25) is 0 Å². The third kappa shape index (κ3) is 2.10. The Bertz CT molecular complexity index is 460. The highest BCUT2D eigenvalue weighted by atomic mass is 32.2. The van der Waals surface area contributed by atoms with E-state index in [0.717, 1.165) is 0 Å². The van der Waals surface area contributed by atoms with Crippen molar-refractivity contribution in [3.8, 4) is 6.07 Å². The van der Waals surface area contributed by atoms with E-state index in [1.807, 2.05) is 0 Å². The molecule has 0 aliphatic rings. The van der Waals surface area contributed by atoms with Crippen LogP contribution in [-0.2, 0) is 16.4 Å². The quantitative estimate of drug-likeness (QED) is 0.784. The van der Waals surface area contributed by atoms with Gasteiger partial charge in [-0.05, 0) is 11.6 Å². The molecule has 2 N–H and O–H groups in total. The van der Waals surface area contributed by atoms with E-state index >= 15 is 0 Å². The van der Waals surface area contributed by atoms with E-state index in [2.05, 4.69) is 0 Å². The highest BCUT2D eigenvalue weighted by Crippen LogP contribution is 2.15. The Balaban J connectivity index is 3.26. The molecule has 0 bridgehead atoms. The van der Waals surface area contributed by atoms with Gasteiger partial charge in [0.05, 0.1) is 11.0 Å². The van der Waals surface area contributed by atoms with Gasteiger partial charge in [-0.1, -0.05) is 18.2 Å². The molecular weight excluding hydrogens is 200 g/mol. The molecule has 74 valence electrons. The Kier molecular flexibility index (Phi) is 3.23. The Morgan fingerprint density at radius 1 is 1.36 bits per heavy atom. The van der Waals surface area contributed by atoms with Crippen LogP contribution in [0.15, 0.2) is 29.2 Å². The molecule has 4 nitrogen and oxygen atoms in total. The van der Waals surface area contributed by atoms with E-state index in [1.54, 1.807) is 24.3 Å². The van der Waals surface area contributed by atoms with E-state index in [-0.39, 0.29) is 11.4 Å². The fraction of sp³-hybridized carbons (Fsp3) is 0.222. The molecule has 5 heteroatoms. The van der Waals surface area contributed by atoms with Crippen molar-refractivity contribution in [3.63, 3.8) is 0 Å². The van der Waals surface area contributed by atoms with E-state index in [4.69, 9.17) is 11.0 Å². The molecule has 0 heterocycles. The van der Waals surface area contributed by atoms with Crippen LogP contribution in [0.25, 0.3) is 0 Å². The van der Waals surface area contributed by atoms with Crippen LogP contribution in [0.3, 0.4) is 0 Å². The fourth-order valence-corrected chi connectivity index (χ4v) is 2.30. The molecule has 0 aliphatic carbocycles. The number of nitriles is 1. The van der Waals surface area contributed by atoms with Crippen molar-refractivity contribution in [2.75, 3.05) is 5.75 Å². The highest BCUT2D eigenvalue weighted by molar-refractivity contribution is 7.91. The Morgan fingerprint density at radius 3 is 2.57 bits per heavy atom. The van der Waals surface area contributed by atoms with Crippen molar-refractivity contribution >= 4 is 9.84 Å². The van der Waals surface area contributed by atoms with E-state index in [1.165, 1.54) is 6.07 Å². The van der Waals surface area contributed by atoms with Gasteiger partial charge in [-0.25, -0.2) is 8.42 Å². The molecule has 14 heavy (non-hydrogen) atoms. The smallest absolute Gasteiger partial charge is 0.192 e. The van der Waals surface area contributed by atoms with Gasteiger partial charge >= 0.3 is 0 Å². The zero-order valence-electron chi connectivity index (χ0n) is 7.47. The summed E-state index contributed by atoms with van der Waals surface area (Å²) in [5.74, 6) is -0.510. The molecule has 0 unspecified atom stereocenters. The second kappa shape index (κ2) is 4.22. The number of hydrogen-bond acceptors (Lipinski definition) is 4. The van der Waals surface area contributed by atoms with Gasteiger partial charge in [0.25, 0.3) is 0 Å². The van der Waals surface area contributed by atoms with Gasteiger partial charge in [0.1, 0.15) is 5.75 Å². The monoisotopic (exact) mass is 210 g/mol. The molecule has 0 aliphatic heterocycles. The van der Waals surface area contributed by atoms with Crippen LogP contribution >= 0.6 is 0 Å². The lowest BCUT2D eigenvalue weighted by atomic mass is 10.2. The van der Waals surface area contributed by atoms with Crippen LogP contribution in [0.1, 0.15) is 5.56 Å². The zero-order valence-corrected chi connectivity index (χ0v) is 8.29. The standard InChI is InChI=1S/C9H10N2O2S/c10-5-6-14(12,13)9-4-2-1-3-8(9)7-11/h1-4H,6-7,11H2. The largest absolute Gasteiger partial charge is 0.326 e. The average molecular weight is 210 g/mol. The highest BCUT2D eigenvalue weighted by Gasteiger charge is 2.16. The molecule has 0 saturated carbocycles. The lowest BCUT2D eigenvalue weighted by molar-refractivity contribution is 0.598. The number of rotatable bonds is 3. The molecule has 0 amide bonds. The second-order valence-corrected chi connectivity index (χ2v) is 4.69. The van der Waals surface area contributed by atoms with Gasteiger partial charge < -0.3 is 5.73 Å². The third-order valence-electron chi connectivity index (χ3n) is 1.78. The molecule has 0 radical (unpaired) electrons. The summed E-state index contributed by atoms with van der Waals surface area (Å²) in [5.41, 5.74) is 5.94. The van der Waals surface area contributed by atoms with Gasteiger partial charge in [-0.2, -0.15) is 5.26 Å². The van der Waals surface area contributed by atoms with E-state index in [9.17, 15) is 8.42 Å². The summed E-state index contributed by atoms with van der Waals surface area (Å²) in [6.45, 7) is 0.154. The summed E-state index contributed by atoms with van der Waals surface area (Å²) < 4.78 is 23.1. The minimum atomic E-state index is -3.49. The molecule has 0 atom stereocenters. The average Bonchev–Trinajstić information content (AvgIpc) is 2.18. The van der Waals surface area contributed by atoms with Gasteiger partial charge in [0, 0.05) is 6.54 Å². The molecule has 0 saturated heterocycles. The van der Waals surface area contributed by atoms with Gasteiger partial charge in [0.2, 0.25) is 0 Å². The number of sulfone groups is 1. The summed E-state index contributed by atoms with van der Waals surface area (Å²) in [7, 11) is -3.49. The predicted molar refractivity (Wildman–Crippen MR) is 52.0 cm³/mol. The van der Waals surface area contributed by atoms with Crippen molar-refractivity contribution in [2.45, 2.75) is 11.4 Å². The first-order valence-corrected chi connectivity index (χ1v) is 5.64. The van der Waals surface area contributed by atoms with Crippen molar-refractivity contribution in [1.29, 1.82) is 5.26 Å². The van der Waals surface area contributed by atoms with E-state index < -0.39 is 15.6 Å². The number of nitrogens with zero attached hydrogens (tertiary/aromatic N) is 1. The maximum atomic E-state index is 11.5. The lowest BCUT2D eigenvalue weighted by Gasteiger charge is -2.05. The minimum absolute atomic E-state index is 0.154. The van der Waals surface area contributed by atoms with Crippen LogP contribution in [0.5, 0.6) is 0 Å². The summed E-state index contributed by atoms with van der Waals surface area (Å²) in [5, 5.41) is 8.37. The summed E-state index contributed by atoms with van der Waals surface area (Å²) in [6, 6.07) is 8.07. The first-order valence-electron chi connectivity index (χ1n) is 3.99. The maximum Gasteiger partial charge on any atom is 0.192 e. The van der Waals surface area contributed by atoms with Crippen LogP contribution in [0.4, 0.5) is 0 Å². The summed E-state index contributed by atoms with van der Waals surface area (Å²) >= 11 is 0. The number of benzene rings is 1. The van der Waals surface area contributed by atoms with Crippen molar-refractivity contribution in [2.24, 2.45) is 5.73 Å². The molecule has 1 aromatic rings. The van der Waals surface area contributed by atoms with Gasteiger partial charge in [-0.15, -0.1) is 0 Å². The predicted octanol–water partition coefficient (Wildman–Crippen LogP) is 0.443. The van der Waals surface area contributed by atoms with Crippen LogP contribution in [-0.4, -0.2) is 14.2 Å².